The van der Waals surface area contributed by atoms with Gasteiger partial charge in [-0.1, -0.05) is 57.2 Å². The quantitative estimate of drug-likeness (QED) is 0.138. The van der Waals surface area contributed by atoms with Crippen molar-refractivity contribution in [3.63, 3.8) is 0 Å². The van der Waals surface area contributed by atoms with E-state index in [-0.39, 0.29) is 0 Å². The molecule has 0 bridgehead atoms. The van der Waals surface area contributed by atoms with E-state index < -0.39 is 8.80 Å². The molecule has 0 aromatic carbocycles. The van der Waals surface area contributed by atoms with Crippen LogP contribution in [0, 0.1) is 0 Å². The molecule has 8 heteroatoms. The Bertz CT molecular complexity index is 332. The second-order valence-corrected chi connectivity index (χ2v) is 10.4. The highest BCUT2D eigenvalue weighted by molar-refractivity contribution is 6.66. The van der Waals surface area contributed by atoms with Gasteiger partial charge >= 0.3 is 8.80 Å². The predicted octanol–water partition coefficient (Wildman–Crippen LogP) is 3.72. The fourth-order valence-electron chi connectivity index (χ4n) is 2.53. The summed E-state index contributed by atoms with van der Waals surface area (Å²) in [5.41, 5.74) is 1.61. The number of ether oxygens (including phenoxy) is 3. The summed E-state index contributed by atoms with van der Waals surface area (Å²) in [5.74, 6) is 0. The molecular weight excluding hydrogens is 416 g/mol. The largest absolute Gasteiger partial charge is 0.529 e. The van der Waals surface area contributed by atoms with Crippen LogP contribution in [-0.2, 0) is 27.5 Å². The molecule has 0 fully saturated rings. The third-order valence-electron chi connectivity index (χ3n) is 4.28. The van der Waals surface area contributed by atoms with Crippen LogP contribution in [0.5, 0.6) is 0 Å². The first-order chi connectivity index (χ1) is 14.7. The van der Waals surface area contributed by atoms with Gasteiger partial charge in [0.05, 0.1) is 39.6 Å². The first kappa shape index (κ1) is 31.9. The molecular formula is C22H48O6Si2. The minimum atomic E-state index is -2.86. The highest BCUT2D eigenvalue weighted by Crippen LogP contribution is 2.11. The van der Waals surface area contributed by atoms with Crippen LogP contribution in [0.1, 0.15) is 51.4 Å². The molecule has 0 radical (unpaired) electrons. The molecule has 0 aromatic heterocycles. The number of allylic oxidation sites excluding steroid dienone is 1. The maximum Gasteiger partial charge on any atom is 0.529 e. The van der Waals surface area contributed by atoms with Crippen LogP contribution in [0.15, 0.2) is 24.9 Å². The van der Waals surface area contributed by atoms with Crippen LogP contribution in [-0.4, -0.2) is 80.0 Å². The lowest BCUT2D eigenvalue weighted by atomic mass is 10.1. The van der Waals surface area contributed by atoms with Crippen molar-refractivity contribution in [2.75, 3.05) is 61.0 Å². The molecule has 0 atom stereocenters. The van der Waals surface area contributed by atoms with Gasteiger partial charge in [0.1, 0.15) is 0 Å². The number of unbranched alkanes of at least 4 members (excludes halogenated alkanes) is 7. The highest BCUT2D eigenvalue weighted by Gasteiger charge is 2.37. The summed E-state index contributed by atoms with van der Waals surface area (Å²) in [5, 5.41) is 0. The van der Waals surface area contributed by atoms with Crippen molar-refractivity contribution < 1.29 is 27.5 Å². The van der Waals surface area contributed by atoms with Gasteiger partial charge in [0.15, 0.2) is 0 Å². The van der Waals surface area contributed by atoms with E-state index in [1.54, 1.807) is 27.0 Å². The summed E-state index contributed by atoms with van der Waals surface area (Å²) in [7, 11) is 3.37. The number of rotatable bonds is 22. The molecule has 0 aromatic rings. The molecule has 0 aliphatic rings. The van der Waals surface area contributed by atoms with Crippen LogP contribution in [0.2, 0.25) is 6.04 Å². The zero-order chi connectivity index (χ0) is 22.8. The fourth-order valence-corrected chi connectivity index (χ4v) is 4.73. The first-order valence-corrected chi connectivity index (χ1v) is 14.5. The lowest BCUT2D eigenvalue weighted by Gasteiger charge is -2.26. The predicted molar refractivity (Wildman–Crippen MR) is 131 cm³/mol. The van der Waals surface area contributed by atoms with E-state index in [4.69, 9.17) is 27.5 Å². The van der Waals surface area contributed by atoms with Gasteiger partial charge in [0.25, 0.3) is 0 Å². The molecule has 0 saturated carbocycles. The smallest absolute Gasteiger partial charge is 0.382 e. The molecule has 0 spiro atoms. The van der Waals surface area contributed by atoms with E-state index in [9.17, 15) is 0 Å². The van der Waals surface area contributed by atoms with Crippen LogP contribution in [0.25, 0.3) is 0 Å². The molecule has 0 heterocycles. The van der Waals surface area contributed by atoms with E-state index in [1.807, 2.05) is 6.08 Å². The SMILES string of the molecule is C=CCCCCCCCCC[SiH3].C=C[Si](OCCOC)(OCCOC)OCCOC. The Balaban J connectivity index is 0. The Morgan fingerprint density at radius 1 is 0.633 bits per heavy atom. The molecule has 30 heavy (non-hydrogen) atoms. The third-order valence-corrected chi connectivity index (χ3v) is 7.31. The molecule has 0 unspecified atom stereocenters. The van der Waals surface area contributed by atoms with Crippen molar-refractivity contribution in [2.45, 2.75) is 57.4 Å². The third kappa shape index (κ3) is 22.4. The van der Waals surface area contributed by atoms with Gasteiger partial charge in [-0.3, -0.25) is 0 Å². The average molecular weight is 465 g/mol. The van der Waals surface area contributed by atoms with E-state index >= 15 is 0 Å². The summed E-state index contributed by atoms with van der Waals surface area (Å²) in [6.45, 7) is 10.1. The fraction of sp³-hybridized carbons (Fsp3) is 0.818. The Hall–Kier alpha value is -0.326. The summed E-state index contributed by atoms with van der Waals surface area (Å²) in [6.07, 6.45) is 13.3. The van der Waals surface area contributed by atoms with Gasteiger partial charge in [-0.15, -0.1) is 6.58 Å². The van der Waals surface area contributed by atoms with Crippen molar-refractivity contribution in [2.24, 2.45) is 0 Å². The second kappa shape index (κ2) is 26.7. The zero-order valence-corrected chi connectivity index (χ0v) is 23.1. The Labute approximate surface area is 190 Å². The summed E-state index contributed by atoms with van der Waals surface area (Å²) >= 11 is 0. The molecule has 0 amide bonds. The van der Waals surface area contributed by atoms with Gasteiger partial charge in [-0.05, 0) is 18.5 Å². The van der Waals surface area contributed by atoms with Gasteiger partial charge < -0.3 is 27.5 Å². The minimum absolute atomic E-state index is 0.398. The van der Waals surface area contributed by atoms with Crippen molar-refractivity contribution in [1.82, 2.24) is 0 Å². The monoisotopic (exact) mass is 464 g/mol. The molecule has 180 valence electrons. The lowest BCUT2D eigenvalue weighted by Crippen LogP contribution is -2.46. The molecule has 0 saturated heterocycles. The summed E-state index contributed by atoms with van der Waals surface area (Å²) in [4.78, 5) is 0. The zero-order valence-electron chi connectivity index (χ0n) is 20.1. The van der Waals surface area contributed by atoms with Gasteiger partial charge in [-0.25, -0.2) is 0 Å². The second-order valence-electron chi connectivity index (χ2n) is 6.88. The van der Waals surface area contributed by atoms with Crippen LogP contribution in [0.4, 0.5) is 0 Å². The topological polar surface area (TPSA) is 55.4 Å². The summed E-state index contributed by atoms with van der Waals surface area (Å²) < 4.78 is 31.8. The molecule has 0 aliphatic carbocycles. The number of hydrogen-bond acceptors (Lipinski definition) is 6. The van der Waals surface area contributed by atoms with Crippen molar-refractivity contribution in [3.8, 4) is 0 Å². The van der Waals surface area contributed by atoms with Crippen molar-refractivity contribution in [1.29, 1.82) is 0 Å². The van der Waals surface area contributed by atoms with E-state index in [2.05, 4.69) is 13.2 Å². The van der Waals surface area contributed by atoms with Gasteiger partial charge in [-0.2, -0.15) is 0 Å². The molecule has 0 rings (SSSR count). The van der Waals surface area contributed by atoms with Crippen molar-refractivity contribution in [3.05, 3.63) is 24.9 Å². The summed E-state index contributed by atoms with van der Waals surface area (Å²) in [6, 6.07) is 1.50. The normalized spacial score (nSPS) is 11.2. The number of methoxy groups -OCH3 is 3. The van der Waals surface area contributed by atoms with Crippen LogP contribution < -0.4 is 0 Å². The van der Waals surface area contributed by atoms with E-state index in [1.165, 1.54) is 67.7 Å². The van der Waals surface area contributed by atoms with E-state index in [0.29, 0.717) is 39.6 Å². The van der Waals surface area contributed by atoms with Crippen molar-refractivity contribution >= 4 is 19.0 Å². The minimum Gasteiger partial charge on any atom is -0.382 e. The first-order valence-electron chi connectivity index (χ1n) is 11.3. The Kier molecular flexibility index (Phi) is 28.4. The molecule has 0 N–H and O–H groups in total. The molecule has 6 nitrogen and oxygen atoms in total. The van der Waals surface area contributed by atoms with Gasteiger partial charge in [0.2, 0.25) is 0 Å². The highest BCUT2D eigenvalue weighted by atomic mass is 28.4. The van der Waals surface area contributed by atoms with E-state index in [0.717, 1.165) is 0 Å². The Morgan fingerprint density at radius 3 is 1.37 bits per heavy atom. The maximum atomic E-state index is 5.65. The lowest BCUT2D eigenvalue weighted by molar-refractivity contribution is 0.0232. The standard InChI is InChI=1S/C11H24O6Si.C11H24Si/c1-5-18(15-9-6-12-2,16-10-7-13-3)17-11-8-14-4;1-2-3-4-5-6-7-8-9-10-11-12/h5H,1,6-11H2,2-4H3;2H,1,3-11H2,12H3. The Morgan fingerprint density at radius 2 is 1.03 bits per heavy atom. The van der Waals surface area contributed by atoms with Crippen LogP contribution >= 0.6 is 0 Å². The van der Waals surface area contributed by atoms with Crippen LogP contribution in [0.3, 0.4) is 0 Å². The average Bonchev–Trinajstić information content (AvgIpc) is 2.76. The maximum absolute atomic E-state index is 5.65. The van der Waals surface area contributed by atoms with Gasteiger partial charge in [0, 0.05) is 31.6 Å². The molecule has 0 aliphatic heterocycles. The number of hydrogen-bond donors (Lipinski definition) is 0.